The Morgan fingerprint density at radius 3 is 2.80 bits per heavy atom. The Labute approximate surface area is 115 Å². The van der Waals surface area contributed by atoms with Gasteiger partial charge in [0.05, 0.1) is 18.3 Å². The summed E-state index contributed by atoms with van der Waals surface area (Å²) in [6.45, 7) is 4.16. The van der Waals surface area contributed by atoms with Crippen molar-refractivity contribution < 1.29 is 13.6 Å². The molecule has 3 aromatic rings. The number of rotatable bonds is 3. The molecule has 102 valence electrons. The first-order valence-corrected chi connectivity index (χ1v) is 6.45. The monoisotopic (exact) mass is 270 g/mol. The Morgan fingerprint density at radius 2 is 2.10 bits per heavy atom. The van der Waals surface area contributed by atoms with E-state index >= 15 is 0 Å². The molecule has 0 saturated heterocycles. The molecule has 0 aliphatic carbocycles. The second kappa shape index (κ2) is 4.89. The lowest BCUT2D eigenvalue weighted by atomic mass is 10.1. The molecule has 0 N–H and O–H groups in total. The number of hydrogen-bond acceptors (Lipinski definition) is 4. The number of benzene rings is 1. The smallest absolute Gasteiger partial charge is 0.235 e. The first-order chi connectivity index (χ1) is 9.70. The molecule has 20 heavy (non-hydrogen) atoms. The van der Waals surface area contributed by atoms with E-state index in [1.165, 1.54) is 6.26 Å². The van der Waals surface area contributed by atoms with Crippen LogP contribution in [-0.2, 0) is 0 Å². The Hall–Kier alpha value is -2.49. The van der Waals surface area contributed by atoms with Crippen LogP contribution in [0.1, 0.15) is 12.5 Å². The van der Waals surface area contributed by atoms with E-state index in [0.29, 0.717) is 29.1 Å². The maximum atomic E-state index is 12.5. The maximum absolute atomic E-state index is 12.5. The van der Waals surface area contributed by atoms with Crippen LogP contribution in [0.3, 0.4) is 0 Å². The highest BCUT2D eigenvalue weighted by atomic mass is 16.5. The van der Waals surface area contributed by atoms with Gasteiger partial charge in [0.2, 0.25) is 16.9 Å². The van der Waals surface area contributed by atoms with Gasteiger partial charge in [-0.25, -0.2) is 0 Å². The third-order valence-electron chi connectivity index (χ3n) is 3.04. The average molecular weight is 270 g/mol. The van der Waals surface area contributed by atoms with Gasteiger partial charge in [0.1, 0.15) is 5.58 Å². The fraction of sp³-hybridized carbons (Fsp3) is 0.188. The first-order valence-electron chi connectivity index (χ1n) is 6.45. The van der Waals surface area contributed by atoms with Crippen LogP contribution in [0.15, 0.2) is 50.2 Å². The second-order valence-corrected chi connectivity index (χ2v) is 4.50. The van der Waals surface area contributed by atoms with Gasteiger partial charge >= 0.3 is 0 Å². The summed E-state index contributed by atoms with van der Waals surface area (Å²) < 4.78 is 16.6. The lowest BCUT2D eigenvalue weighted by Crippen LogP contribution is -2.09. The molecule has 0 fully saturated rings. The topological polar surface area (TPSA) is 52.6 Å². The van der Waals surface area contributed by atoms with Crippen LogP contribution in [0.25, 0.3) is 22.5 Å². The van der Waals surface area contributed by atoms with Crippen LogP contribution >= 0.6 is 0 Å². The molecule has 0 radical (unpaired) electrons. The lowest BCUT2D eigenvalue weighted by molar-refractivity contribution is 0.328. The molecule has 0 spiro atoms. The molecule has 0 aliphatic heterocycles. The summed E-state index contributed by atoms with van der Waals surface area (Å²) in [6, 6.07) is 8.94. The summed E-state index contributed by atoms with van der Waals surface area (Å²) in [5.74, 6) is 1.01. The minimum Gasteiger partial charge on any atom is -0.486 e. The number of aryl methyl sites for hydroxylation is 1. The van der Waals surface area contributed by atoms with Crippen LogP contribution in [0.4, 0.5) is 0 Å². The molecule has 0 bridgehead atoms. The molecule has 4 heteroatoms. The van der Waals surface area contributed by atoms with Gasteiger partial charge in [-0.15, -0.1) is 0 Å². The van der Waals surface area contributed by atoms with Gasteiger partial charge in [-0.2, -0.15) is 0 Å². The van der Waals surface area contributed by atoms with E-state index in [2.05, 4.69) is 0 Å². The summed E-state index contributed by atoms with van der Waals surface area (Å²) in [5.41, 5.74) is 1.37. The van der Waals surface area contributed by atoms with E-state index in [-0.39, 0.29) is 11.2 Å². The average Bonchev–Trinajstić information content (AvgIpc) is 2.95. The fourth-order valence-corrected chi connectivity index (χ4v) is 2.13. The summed E-state index contributed by atoms with van der Waals surface area (Å²) in [7, 11) is 0. The standard InChI is InChI=1S/C16H14O4/c1-3-18-16-14(17)11-7-6-10(2)9-13(11)20-15(16)12-5-4-8-19-12/h4-9H,3H2,1-2H3. The van der Waals surface area contributed by atoms with Crippen LogP contribution < -0.4 is 10.2 Å². The SMILES string of the molecule is CCOc1c(-c2ccco2)oc2cc(C)ccc2c1=O. The Balaban J connectivity index is 2.37. The van der Waals surface area contributed by atoms with Crippen LogP contribution in [0.2, 0.25) is 0 Å². The van der Waals surface area contributed by atoms with E-state index in [4.69, 9.17) is 13.6 Å². The summed E-state index contributed by atoms with van der Waals surface area (Å²) >= 11 is 0. The minimum absolute atomic E-state index is 0.181. The Morgan fingerprint density at radius 1 is 1.25 bits per heavy atom. The fourth-order valence-electron chi connectivity index (χ4n) is 2.13. The van der Waals surface area contributed by atoms with E-state index in [9.17, 15) is 4.79 Å². The first kappa shape index (κ1) is 12.5. The number of hydrogen-bond donors (Lipinski definition) is 0. The zero-order valence-electron chi connectivity index (χ0n) is 11.3. The molecule has 2 heterocycles. The van der Waals surface area contributed by atoms with Crippen molar-refractivity contribution in [3.05, 3.63) is 52.4 Å². The van der Waals surface area contributed by atoms with Crippen molar-refractivity contribution in [1.82, 2.24) is 0 Å². The van der Waals surface area contributed by atoms with E-state index in [1.807, 2.05) is 26.0 Å². The number of fused-ring (bicyclic) bond motifs is 1. The molecule has 0 atom stereocenters. The van der Waals surface area contributed by atoms with E-state index in [0.717, 1.165) is 5.56 Å². The van der Waals surface area contributed by atoms with Crippen LogP contribution in [0, 0.1) is 6.92 Å². The largest absolute Gasteiger partial charge is 0.486 e. The van der Waals surface area contributed by atoms with Crippen molar-refractivity contribution in [3.63, 3.8) is 0 Å². The zero-order valence-corrected chi connectivity index (χ0v) is 11.3. The molecule has 1 aromatic carbocycles. The molecule has 2 aromatic heterocycles. The van der Waals surface area contributed by atoms with Gasteiger partial charge in [-0.1, -0.05) is 6.07 Å². The Bertz CT molecular complexity index is 797. The van der Waals surface area contributed by atoms with E-state index in [1.54, 1.807) is 18.2 Å². The number of furan rings is 1. The van der Waals surface area contributed by atoms with E-state index < -0.39 is 0 Å². The molecule has 4 nitrogen and oxygen atoms in total. The van der Waals surface area contributed by atoms with Crippen LogP contribution in [-0.4, -0.2) is 6.61 Å². The molecule has 0 saturated carbocycles. The van der Waals surface area contributed by atoms with Gasteiger partial charge in [-0.3, -0.25) is 4.79 Å². The minimum atomic E-state index is -0.181. The maximum Gasteiger partial charge on any atom is 0.235 e. The molecule has 0 aliphatic rings. The van der Waals surface area contributed by atoms with Crippen molar-refractivity contribution in [1.29, 1.82) is 0 Å². The normalized spacial score (nSPS) is 10.9. The zero-order chi connectivity index (χ0) is 14.1. The highest BCUT2D eigenvalue weighted by molar-refractivity contribution is 5.81. The van der Waals surface area contributed by atoms with Crippen molar-refractivity contribution in [2.24, 2.45) is 0 Å². The van der Waals surface area contributed by atoms with Gasteiger partial charge in [0.25, 0.3) is 0 Å². The van der Waals surface area contributed by atoms with Gasteiger partial charge < -0.3 is 13.6 Å². The summed E-state index contributed by atoms with van der Waals surface area (Å²) in [5, 5.41) is 0.509. The molecule has 3 rings (SSSR count). The molecular formula is C16H14O4. The summed E-state index contributed by atoms with van der Waals surface area (Å²) in [6.07, 6.45) is 1.53. The third kappa shape index (κ3) is 1.99. The summed E-state index contributed by atoms with van der Waals surface area (Å²) in [4.78, 5) is 12.5. The third-order valence-corrected chi connectivity index (χ3v) is 3.04. The highest BCUT2D eigenvalue weighted by Gasteiger charge is 2.19. The molecular weight excluding hydrogens is 256 g/mol. The number of ether oxygens (including phenoxy) is 1. The predicted octanol–water partition coefficient (Wildman–Crippen LogP) is 3.76. The lowest BCUT2D eigenvalue weighted by Gasteiger charge is -2.08. The van der Waals surface area contributed by atoms with Crippen molar-refractivity contribution in [2.75, 3.05) is 6.61 Å². The van der Waals surface area contributed by atoms with Crippen molar-refractivity contribution in [3.8, 4) is 17.3 Å². The van der Waals surface area contributed by atoms with Gasteiger partial charge in [0.15, 0.2) is 5.76 Å². The highest BCUT2D eigenvalue weighted by Crippen LogP contribution is 2.31. The molecule has 0 unspecified atom stereocenters. The second-order valence-electron chi connectivity index (χ2n) is 4.50. The predicted molar refractivity (Wildman–Crippen MR) is 76.1 cm³/mol. The molecule has 0 amide bonds. The van der Waals surface area contributed by atoms with Gasteiger partial charge in [-0.05, 0) is 43.7 Å². The van der Waals surface area contributed by atoms with Crippen molar-refractivity contribution in [2.45, 2.75) is 13.8 Å². The quantitative estimate of drug-likeness (QED) is 0.727. The van der Waals surface area contributed by atoms with Crippen LogP contribution in [0.5, 0.6) is 5.75 Å². The van der Waals surface area contributed by atoms with Gasteiger partial charge in [0, 0.05) is 0 Å². The van der Waals surface area contributed by atoms with Crippen molar-refractivity contribution >= 4 is 11.0 Å². The Kier molecular flexibility index (Phi) is 3.06.